The van der Waals surface area contributed by atoms with Crippen LogP contribution in [0.4, 0.5) is 5.69 Å². The van der Waals surface area contributed by atoms with Crippen LogP contribution < -0.4 is 5.32 Å². The first-order valence-electron chi connectivity index (χ1n) is 13.9. The molecule has 1 aromatic heterocycles. The summed E-state index contributed by atoms with van der Waals surface area (Å²) < 4.78 is 7.28. The fourth-order valence-corrected chi connectivity index (χ4v) is 7.00. The number of carbonyl (C=O) groups excluding carboxylic acids is 2. The molecule has 1 amide bonds. The van der Waals surface area contributed by atoms with Crippen LogP contribution in [-0.4, -0.2) is 39.5 Å². The van der Waals surface area contributed by atoms with Crippen molar-refractivity contribution >= 4 is 35.4 Å². The first kappa shape index (κ1) is 27.1. The number of hydrogen-bond donors (Lipinski definition) is 1. The van der Waals surface area contributed by atoms with Crippen molar-refractivity contribution in [3.63, 3.8) is 0 Å². The highest BCUT2D eigenvalue weighted by atomic mass is 32.2. The molecule has 0 radical (unpaired) electrons. The Morgan fingerprint density at radius 1 is 1.08 bits per heavy atom. The topological polar surface area (TPSA) is 63.6 Å². The van der Waals surface area contributed by atoms with E-state index < -0.39 is 0 Å². The average molecular weight is 544 g/mol. The van der Waals surface area contributed by atoms with E-state index in [1.54, 1.807) is 30.8 Å². The molecular weight excluding hydrogens is 506 g/mol. The third-order valence-electron chi connectivity index (χ3n) is 7.82. The number of hydrogen-bond acceptors (Lipinski definition) is 5. The number of esters is 1. The summed E-state index contributed by atoms with van der Waals surface area (Å²) >= 11 is 1.61. The Morgan fingerprint density at radius 3 is 2.49 bits per heavy atom. The van der Waals surface area contributed by atoms with E-state index in [0.29, 0.717) is 18.1 Å². The van der Waals surface area contributed by atoms with E-state index in [-0.39, 0.29) is 23.4 Å². The molecule has 1 saturated carbocycles. The second-order valence-corrected chi connectivity index (χ2v) is 11.6. The molecule has 0 spiro atoms. The van der Waals surface area contributed by atoms with E-state index >= 15 is 0 Å². The maximum Gasteiger partial charge on any atom is 0.338 e. The van der Waals surface area contributed by atoms with Crippen molar-refractivity contribution in [2.75, 3.05) is 11.9 Å². The number of para-hydroxylation sites is 1. The number of anilines is 1. The van der Waals surface area contributed by atoms with E-state index in [4.69, 9.17) is 4.74 Å². The van der Waals surface area contributed by atoms with Gasteiger partial charge in [0, 0.05) is 28.8 Å². The summed E-state index contributed by atoms with van der Waals surface area (Å²) in [4.78, 5) is 28.9. The smallest absolute Gasteiger partial charge is 0.338 e. The Hall–Kier alpha value is -3.45. The van der Waals surface area contributed by atoms with E-state index in [1.165, 1.54) is 6.42 Å². The third-order valence-corrected chi connectivity index (χ3v) is 8.93. The highest BCUT2D eigenvalue weighted by molar-refractivity contribution is 8.05. The van der Waals surface area contributed by atoms with Gasteiger partial charge in [0.05, 0.1) is 17.1 Å². The van der Waals surface area contributed by atoms with Crippen LogP contribution in [0.5, 0.6) is 0 Å². The molecule has 1 saturated heterocycles. The predicted molar refractivity (Wildman–Crippen MR) is 159 cm³/mol. The molecule has 3 atom stereocenters. The molecule has 39 heavy (non-hydrogen) atoms. The molecule has 6 nitrogen and oxygen atoms in total. The first-order chi connectivity index (χ1) is 18.9. The van der Waals surface area contributed by atoms with Crippen molar-refractivity contribution in [3.05, 3.63) is 88.1 Å². The van der Waals surface area contributed by atoms with Gasteiger partial charge < -0.3 is 19.5 Å². The van der Waals surface area contributed by atoms with Gasteiger partial charge in [0.2, 0.25) is 0 Å². The van der Waals surface area contributed by atoms with Crippen LogP contribution in [0.3, 0.4) is 0 Å². The van der Waals surface area contributed by atoms with Crippen molar-refractivity contribution in [2.45, 2.75) is 64.9 Å². The number of nitrogens with one attached hydrogen (secondary N) is 1. The summed E-state index contributed by atoms with van der Waals surface area (Å²) in [5, 5.41) is 3.62. The quantitative estimate of drug-likeness (QED) is 0.253. The van der Waals surface area contributed by atoms with E-state index in [2.05, 4.69) is 53.8 Å². The lowest BCUT2D eigenvalue weighted by molar-refractivity contribution is -0.129. The zero-order valence-electron chi connectivity index (χ0n) is 23.1. The van der Waals surface area contributed by atoms with Gasteiger partial charge in [-0.2, -0.15) is 0 Å². The molecule has 2 aliphatic rings. The molecule has 1 aliphatic heterocycles. The highest BCUT2D eigenvalue weighted by Crippen LogP contribution is 2.42. The molecule has 1 N–H and O–H groups in total. The zero-order chi connectivity index (χ0) is 27.5. The SMILES string of the molecule is CCOC(=O)c1ccc(-n2c(C)cc(/C=C3\SC(Nc4ccccc4)N([C@@H]4CCCC[C@@H]4C)C3=O)c2C)cc1. The van der Waals surface area contributed by atoms with Crippen LogP contribution in [0.25, 0.3) is 11.8 Å². The summed E-state index contributed by atoms with van der Waals surface area (Å²) in [6.07, 6.45) is 6.65. The Kier molecular flexibility index (Phi) is 8.17. The van der Waals surface area contributed by atoms with E-state index in [0.717, 1.165) is 52.5 Å². The number of amides is 1. The first-order valence-corrected chi connectivity index (χ1v) is 14.7. The Balaban J connectivity index is 1.45. The maximum atomic E-state index is 13.9. The molecular formula is C32H37N3O3S. The van der Waals surface area contributed by atoms with E-state index in [1.807, 2.05) is 36.4 Å². The normalized spacial score (nSPS) is 22.4. The number of benzene rings is 2. The lowest BCUT2D eigenvalue weighted by Crippen LogP contribution is -2.48. The third kappa shape index (κ3) is 5.64. The summed E-state index contributed by atoms with van der Waals surface area (Å²) in [7, 11) is 0. The minimum absolute atomic E-state index is 0.107. The van der Waals surface area contributed by atoms with Crippen LogP contribution in [0.1, 0.15) is 66.8 Å². The molecule has 1 aliphatic carbocycles. The summed E-state index contributed by atoms with van der Waals surface area (Å²) in [5.74, 6) is 0.267. The largest absolute Gasteiger partial charge is 0.462 e. The number of ether oxygens (including phenoxy) is 1. The minimum atomic E-state index is -0.317. The molecule has 7 heteroatoms. The van der Waals surface area contributed by atoms with Gasteiger partial charge >= 0.3 is 5.97 Å². The molecule has 2 fully saturated rings. The van der Waals surface area contributed by atoms with Gasteiger partial charge in [0.15, 0.2) is 5.50 Å². The Morgan fingerprint density at radius 2 is 1.79 bits per heavy atom. The zero-order valence-corrected chi connectivity index (χ0v) is 24.0. The summed E-state index contributed by atoms with van der Waals surface area (Å²) in [6, 6.07) is 20.0. The van der Waals surface area contributed by atoms with E-state index in [9.17, 15) is 9.59 Å². The lowest BCUT2D eigenvalue weighted by atomic mass is 9.85. The van der Waals surface area contributed by atoms with Gasteiger partial charge in [-0.3, -0.25) is 4.79 Å². The van der Waals surface area contributed by atoms with Gasteiger partial charge in [-0.15, -0.1) is 0 Å². The van der Waals surface area contributed by atoms with Gasteiger partial charge in [0.25, 0.3) is 5.91 Å². The molecule has 3 aromatic rings. The number of rotatable bonds is 7. The Bertz CT molecular complexity index is 1360. The molecule has 1 unspecified atom stereocenters. The maximum absolute atomic E-state index is 13.9. The predicted octanol–water partition coefficient (Wildman–Crippen LogP) is 7.16. The highest BCUT2D eigenvalue weighted by Gasteiger charge is 2.43. The van der Waals surface area contributed by atoms with Gasteiger partial charge in [0.1, 0.15) is 0 Å². The standard InChI is InChI=1S/C32H37N3O3S/c1-5-38-31(37)24-15-17-27(18-16-24)34-22(3)19-25(23(34)4)20-29-30(36)35(28-14-10-9-11-21(28)2)32(39-29)33-26-12-7-6-8-13-26/h6-8,12-13,15-21,28,32-33H,5,9-11,14H2,1-4H3/b29-20-/t21-,28+,32?/m0/s1. The van der Waals surface area contributed by atoms with Crippen molar-refractivity contribution in [1.82, 2.24) is 9.47 Å². The Labute approximate surface area is 235 Å². The van der Waals surface area contributed by atoms with Crippen molar-refractivity contribution in [2.24, 2.45) is 5.92 Å². The van der Waals surface area contributed by atoms with Crippen LogP contribution >= 0.6 is 11.8 Å². The fraction of sp³-hybridized carbons (Fsp3) is 0.375. The molecule has 0 bridgehead atoms. The number of nitrogens with zero attached hydrogens (tertiary/aromatic N) is 2. The van der Waals surface area contributed by atoms with Gasteiger partial charge in [-0.05, 0) is 93.6 Å². The van der Waals surface area contributed by atoms with Crippen LogP contribution in [0.2, 0.25) is 0 Å². The molecule has 5 rings (SSSR count). The number of aromatic nitrogens is 1. The van der Waals surface area contributed by atoms with Crippen LogP contribution in [0.15, 0.2) is 65.6 Å². The number of thioether (sulfide) groups is 1. The van der Waals surface area contributed by atoms with Crippen LogP contribution in [0, 0.1) is 19.8 Å². The molecule has 2 aromatic carbocycles. The molecule has 2 heterocycles. The summed E-state index contributed by atoms with van der Waals surface area (Å²) in [5.41, 5.74) is 5.51. The number of carbonyl (C=O) groups is 2. The molecule has 204 valence electrons. The van der Waals surface area contributed by atoms with Crippen molar-refractivity contribution in [1.29, 1.82) is 0 Å². The second kappa shape index (κ2) is 11.7. The fourth-order valence-electron chi connectivity index (χ4n) is 5.80. The van der Waals surface area contributed by atoms with Crippen LogP contribution in [-0.2, 0) is 9.53 Å². The minimum Gasteiger partial charge on any atom is -0.462 e. The second-order valence-electron chi connectivity index (χ2n) is 10.5. The van der Waals surface area contributed by atoms with Crippen molar-refractivity contribution in [3.8, 4) is 5.69 Å². The van der Waals surface area contributed by atoms with Gasteiger partial charge in [-0.1, -0.05) is 49.7 Å². The van der Waals surface area contributed by atoms with Crippen molar-refractivity contribution < 1.29 is 14.3 Å². The lowest BCUT2D eigenvalue weighted by Gasteiger charge is -2.39. The summed E-state index contributed by atoms with van der Waals surface area (Å²) in [6.45, 7) is 8.57. The van der Waals surface area contributed by atoms with Gasteiger partial charge in [-0.25, -0.2) is 4.79 Å². The average Bonchev–Trinajstić information content (AvgIpc) is 3.39. The monoisotopic (exact) mass is 543 g/mol. The number of aryl methyl sites for hydroxylation is 1.